The van der Waals surface area contributed by atoms with Crippen LogP contribution in [-0.2, 0) is 0 Å². The molecule has 2 rings (SSSR count). The lowest BCUT2D eigenvalue weighted by atomic mass is 10.1. The van der Waals surface area contributed by atoms with Crippen LogP contribution in [0.4, 0.5) is 5.69 Å². The van der Waals surface area contributed by atoms with Gasteiger partial charge in [-0.15, -0.1) is 0 Å². The summed E-state index contributed by atoms with van der Waals surface area (Å²) in [6.07, 6.45) is -1.18. The molecule has 0 saturated heterocycles. The third-order valence-electron chi connectivity index (χ3n) is 2.56. The van der Waals surface area contributed by atoms with E-state index >= 15 is 0 Å². The Hall–Kier alpha value is -2.64. The summed E-state index contributed by atoms with van der Waals surface area (Å²) in [6, 6.07) is 15.2. The minimum absolute atomic E-state index is 0.127. The first-order valence-corrected chi connectivity index (χ1v) is 5.66. The highest BCUT2D eigenvalue weighted by molar-refractivity contribution is 5.45. The molecule has 2 aromatic rings. The largest absolute Gasteiger partial charge is 0.376 e. The molecule has 0 aliphatic rings. The number of aliphatic hydroxyl groups excluding tert-OH is 1. The van der Waals surface area contributed by atoms with Gasteiger partial charge in [-0.2, -0.15) is 0 Å². The minimum Gasteiger partial charge on any atom is -0.376 e. The third-order valence-corrected chi connectivity index (χ3v) is 2.56. The second-order valence-corrected chi connectivity index (χ2v) is 3.85. The number of nitrogens with zero attached hydrogens (tertiary/aromatic N) is 1. The molecule has 0 radical (unpaired) electrons. The van der Waals surface area contributed by atoms with Gasteiger partial charge in [-0.25, -0.2) is 0 Å². The van der Waals surface area contributed by atoms with Gasteiger partial charge in [-0.3, -0.25) is 10.1 Å². The van der Waals surface area contributed by atoms with Gasteiger partial charge < -0.3 is 5.11 Å². The van der Waals surface area contributed by atoms with Crippen molar-refractivity contribution in [3.05, 3.63) is 75.8 Å². The number of para-hydroxylation sites is 1. The first kappa shape index (κ1) is 12.8. The standard InChI is InChI=1S/C15H11NO3/c17-15(11-10-12-6-2-1-3-7-12)13-8-4-5-9-14(13)16(18)19/h1-9,15,17H/t15-/m1/s1. The van der Waals surface area contributed by atoms with E-state index in [1.54, 1.807) is 24.3 Å². The number of nitro groups is 1. The Kier molecular flexibility index (Phi) is 3.91. The van der Waals surface area contributed by atoms with Crippen molar-refractivity contribution in [3.63, 3.8) is 0 Å². The predicted octanol–water partition coefficient (Wildman–Crippen LogP) is 2.68. The van der Waals surface area contributed by atoms with E-state index in [-0.39, 0.29) is 11.3 Å². The summed E-state index contributed by atoms with van der Waals surface area (Å²) in [6.45, 7) is 0. The number of aliphatic hydroxyl groups is 1. The Labute approximate surface area is 110 Å². The quantitative estimate of drug-likeness (QED) is 0.508. The third kappa shape index (κ3) is 3.18. The summed E-state index contributed by atoms with van der Waals surface area (Å²) in [5, 5.41) is 20.8. The van der Waals surface area contributed by atoms with Crippen LogP contribution in [-0.4, -0.2) is 10.0 Å². The highest BCUT2D eigenvalue weighted by Gasteiger charge is 2.17. The van der Waals surface area contributed by atoms with Gasteiger partial charge in [0, 0.05) is 11.6 Å². The number of benzene rings is 2. The van der Waals surface area contributed by atoms with Crippen molar-refractivity contribution in [1.82, 2.24) is 0 Å². The molecule has 0 spiro atoms. The maximum Gasteiger partial charge on any atom is 0.276 e. The minimum atomic E-state index is -1.18. The Morgan fingerprint density at radius 3 is 2.37 bits per heavy atom. The summed E-state index contributed by atoms with van der Waals surface area (Å²) < 4.78 is 0. The molecule has 0 unspecified atom stereocenters. The number of hydrogen-bond donors (Lipinski definition) is 1. The molecule has 19 heavy (non-hydrogen) atoms. The van der Waals surface area contributed by atoms with Crippen LogP contribution in [0.2, 0.25) is 0 Å². The van der Waals surface area contributed by atoms with Crippen molar-refractivity contribution in [2.75, 3.05) is 0 Å². The van der Waals surface area contributed by atoms with Gasteiger partial charge in [0.1, 0.15) is 6.10 Å². The fourth-order valence-electron chi connectivity index (χ4n) is 1.64. The van der Waals surface area contributed by atoms with E-state index in [0.29, 0.717) is 0 Å². The molecule has 0 amide bonds. The van der Waals surface area contributed by atoms with E-state index in [1.165, 1.54) is 12.1 Å². The zero-order valence-corrected chi connectivity index (χ0v) is 9.98. The van der Waals surface area contributed by atoms with Crippen LogP contribution >= 0.6 is 0 Å². The highest BCUT2D eigenvalue weighted by atomic mass is 16.6. The van der Waals surface area contributed by atoms with Crippen LogP contribution in [0.1, 0.15) is 17.2 Å². The smallest absolute Gasteiger partial charge is 0.276 e. The molecule has 0 fully saturated rings. The van der Waals surface area contributed by atoms with Crippen LogP contribution in [0.3, 0.4) is 0 Å². The topological polar surface area (TPSA) is 63.4 Å². The van der Waals surface area contributed by atoms with Crippen molar-refractivity contribution in [2.24, 2.45) is 0 Å². The second-order valence-electron chi connectivity index (χ2n) is 3.85. The van der Waals surface area contributed by atoms with Crippen LogP contribution in [0, 0.1) is 22.0 Å². The molecule has 1 atom stereocenters. The van der Waals surface area contributed by atoms with E-state index < -0.39 is 11.0 Å². The Morgan fingerprint density at radius 1 is 1.05 bits per heavy atom. The Bertz CT molecular complexity index is 641. The monoisotopic (exact) mass is 253 g/mol. The van der Waals surface area contributed by atoms with E-state index in [4.69, 9.17) is 0 Å². The summed E-state index contributed by atoms with van der Waals surface area (Å²) in [7, 11) is 0. The second kappa shape index (κ2) is 5.80. The summed E-state index contributed by atoms with van der Waals surface area (Å²) in [5.74, 6) is 5.40. The fraction of sp³-hybridized carbons (Fsp3) is 0.0667. The Morgan fingerprint density at radius 2 is 1.68 bits per heavy atom. The normalized spacial score (nSPS) is 11.2. The molecule has 0 bridgehead atoms. The summed E-state index contributed by atoms with van der Waals surface area (Å²) >= 11 is 0. The predicted molar refractivity (Wildman–Crippen MR) is 71.4 cm³/mol. The van der Waals surface area contributed by atoms with Gasteiger partial charge in [0.2, 0.25) is 0 Å². The average Bonchev–Trinajstić information content (AvgIpc) is 2.46. The van der Waals surface area contributed by atoms with Crippen LogP contribution in [0.15, 0.2) is 54.6 Å². The molecule has 94 valence electrons. The molecule has 4 heteroatoms. The number of nitro benzene ring substituents is 1. The lowest BCUT2D eigenvalue weighted by molar-refractivity contribution is -0.386. The van der Waals surface area contributed by atoms with Crippen molar-refractivity contribution in [3.8, 4) is 11.8 Å². The molecular formula is C15H11NO3. The summed E-state index contributed by atoms with van der Waals surface area (Å²) in [5.41, 5.74) is 0.827. The van der Waals surface area contributed by atoms with Crippen molar-refractivity contribution >= 4 is 5.69 Å². The van der Waals surface area contributed by atoms with Crippen molar-refractivity contribution < 1.29 is 10.0 Å². The molecule has 2 aromatic carbocycles. The summed E-state index contributed by atoms with van der Waals surface area (Å²) in [4.78, 5) is 10.3. The Balaban J connectivity index is 2.29. The molecule has 0 aliphatic carbocycles. The first-order chi connectivity index (χ1) is 9.18. The fourth-order valence-corrected chi connectivity index (χ4v) is 1.64. The van der Waals surface area contributed by atoms with Crippen LogP contribution in [0.25, 0.3) is 0 Å². The first-order valence-electron chi connectivity index (χ1n) is 5.66. The lowest BCUT2D eigenvalue weighted by Crippen LogP contribution is -2.00. The van der Waals surface area contributed by atoms with E-state index in [1.807, 2.05) is 18.2 Å². The van der Waals surface area contributed by atoms with E-state index in [0.717, 1.165) is 5.56 Å². The molecule has 4 nitrogen and oxygen atoms in total. The maximum absolute atomic E-state index is 10.8. The van der Waals surface area contributed by atoms with Gasteiger partial charge in [-0.1, -0.05) is 42.2 Å². The van der Waals surface area contributed by atoms with Gasteiger partial charge in [0.15, 0.2) is 0 Å². The molecule has 0 aromatic heterocycles. The van der Waals surface area contributed by atoms with E-state index in [2.05, 4.69) is 11.8 Å². The maximum atomic E-state index is 10.8. The average molecular weight is 253 g/mol. The van der Waals surface area contributed by atoms with Gasteiger partial charge in [0.05, 0.1) is 10.5 Å². The number of rotatable bonds is 2. The SMILES string of the molecule is O=[N+]([O-])c1ccccc1[C@H](O)C#Cc1ccccc1. The zero-order valence-electron chi connectivity index (χ0n) is 9.98. The number of hydrogen-bond acceptors (Lipinski definition) is 3. The van der Waals surface area contributed by atoms with Crippen molar-refractivity contribution in [2.45, 2.75) is 6.10 Å². The van der Waals surface area contributed by atoms with Gasteiger partial charge >= 0.3 is 0 Å². The molecule has 0 heterocycles. The van der Waals surface area contributed by atoms with Crippen LogP contribution < -0.4 is 0 Å². The molecule has 0 saturated carbocycles. The zero-order chi connectivity index (χ0) is 13.7. The van der Waals surface area contributed by atoms with Crippen LogP contribution in [0.5, 0.6) is 0 Å². The van der Waals surface area contributed by atoms with Crippen molar-refractivity contribution in [1.29, 1.82) is 0 Å². The van der Waals surface area contributed by atoms with E-state index in [9.17, 15) is 15.2 Å². The molecule has 0 aliphatic heterocycles. The molecule has 1 N–H and O–H groups in total. The lowest BCUT2D eigenvalue weighted by Gasteiger charge is -2.04. The highest BCUT2D eigenvalue weighted by Crippen LogP contribution is 2.24. The van der Waals surface area contributed by atoms with Gasteiger partial charge in [-0.05, 0) is 18.2 Å². The van der Waals surface area contributed by atoms with Gasteiger partial charge in [0.25, 0.3) is 5.69 Å². The molecular weight excluding hydrogens is 242 g/mol.